The van der Waals surface area contributed by atoms with Crippen LogP contribution in [0.1, 0.15) is 32.8 Å². The molecular weight excluding hydrogens is 379 g/mol. The van der Waals surface area contributed by atoms with Crippen LogP contribution >= 0.6 is 0 Å². The van der Waals surface area contributed by atoms with Crippen LogP contribution in [0.25, 0.3) is 0 Å². The molecule has 8 heteroatoms. The molecule has 2 fully saturated rings. The molecule has 2 amide bonds. The zero-order chi connectivity index (χ0) is 21.0. The summed E-state index contributed by atoms with van der Waals surface area (Å²) in [4.78, 5) is 27.0. The molecule has 160 valence electrons. The molecule has 0 saturated carbocycles. The first-order valence-corrected chi connectivity index (χ1v) is 9.94. The number of nitrogens with zero attached hydrogens (tertiary/aromatic N) is 2. The van der Waals surface area contributed by atoms with Gasteiger partial charge < -0.3 is 24.0 Å². The lowest BCUT2D eigenvalue weighted by Crippen LogP contribution is -2.58. The SMILES string of the molecule is CC(C)(C)OC(=O)N1CC[C@H](OC2CN(C(=O)OCc3ccccc3)C2)[C@@H](F)C1. The van der Waals surface area contributed by atoms with Gasteiger partial charge in [-0.1, -0.05) is 30.3 Å². The zero-order valence-electron chi connectivity index (χ0n) is 17.2. The summed E-state index contributed by atoms with van der Waals surface area (Å²) >= 11 is 0. The number of hydrogen-bond donors (Lipinski definition) is 0. The largest absolute Gasteiger partial charge is 0.445 e. The van der Waals surface area contributed by atoms with Crippen LogP contribution in [-0.4, -0.2) is 72.1 Å². The normalized spacial score (nSPS) is 22.8. The molecule has 0 unspecified atom stereocenters. The van der Waals surface area contributed by atoms with Gasteiger partial charge in [0, 0.05) is 6.54 Å². The van der Waals surface area contributed by atoms with Crippen molar-refractivity contribution < 1.29 is 28.2 Å². The smallest absolute Gasteiger partial charge is 0.410 e. The number of carbonyl (C=O) groups is 2. The second kappa shape index (κ2) is 8.98. The van der Waals surface area contributed by atoms with Gasteiger partial charge in [0.1, 0.15) is 18.4 Å². The van der Waals surface area contributed by atoms with Crippen molar-refractivity contribution in [1.82, 2.24) is 9.80 Å². The van der Waals surface area contributed by atoms with E-state index in [1.165, 1.54) is 9.80 Å². The molecule has 2 aliphatic rings. The van der Waals surface area contributed by atoms with Gasteiger partial charge in [0.05, 0.1) is 31.8 Å². The van der Waals surface area contributed by atoms with E-state index in [0.29, 0.717) is 26.1 Å². The van der Waals surface area contributed by atoms with E-state index in [0.717, 1.165) is 5.56 Å². The van der Waals surface area contributed by atoms with Crippen molar-refractivity contribution in [3.05, 3.63) is 35.9 Å². The summed E-state index contributed by atoms with van der Waals surface area (Å²) in [6, 6.07) is 9.45. The molecule has 2 aliphatic heterocycles. The highest BCUT2D eigenvalue weighted by Crippen LogP contribution is 2.24. The lowest BCUT2D eigenvalue weighted by molar-refractivity contribution is -0.125. The van der Waals surface area contributed by atoms with E-state index < -0.39 is 30.1 Å². The first-order chi connectivity index (χ1) is 13.7. The highest BCUT2D eigenvalue weighted by atomic mass is 19.1. The molecule has 29 heavy (non-hydrogen) atoms. The third kappa shape index (κ3) is 6.06. The summed E-state index contributed by atoms with van der Waals surface area (Å²) < 4.78 is 30.9. The summed E-state index contributed by atoms with van der Waals surface area (Å²) in [5, 5.41) is 0. The van der Waals surface area contributed by atoms with Gasteiger partial charge in [0.2, 0.25) is 0 Å². The van der Waals surface area contributed by atoms with Crippen LogP contribution in [0.5, 0.6) is 0 Å². The number of hydrogen-bond acceptors (Lipinski definition) is 5. The highest BCUT2D eigenvalue weighted by molar-refractivity contribution is 5.69. The van der Waals surface area contributed by atoms with Crippen LogP contribution in [0.3, 0.4) is 0 Å². The third-order valence-corrected chi connectivity index (χ3v) is 4.81. The maximum Gasteiger partial charge on any atom is 0.410 e. The average molecular weight is 408 g/mol. The number of benzene rings is 1. The van der Waals surface area contributed by atoms with Crippen LogP contribution in [0.2, 0.25) is 0 Å². The molecular formula is C21H29FN2O5. The molecule has 1 aromatic rings. The number of likely N-dealkylation sites (tertiary alicyclic amines) is 2. The average Bonchev–Trinajstić information content (AvgIpc) is 2.62. The minimum Gasteiger partial charge on any atom is -0.445 e. The Kier molecular flexibility index (Phi) is 6.62. The van der Waals surface area contributed by atoms with Gasteiger partial charge in [-0.15, -0.1) is 0 Å². The van der Waals surface area contributed by atoms with Crippen LogP contribution in [0, 0.1) is 0 Å². The van der Waals surface area contributed by atoms with E-state index in [1.54, 1.807) is 20.8 Å². The monoisotopic (exact) mass is 408 g/mol. The number of rotatable bonds is 4. The Morgan fingerprint density at radius 1 is 1.07 bits per heavy atom. The molecule has 0 radical (unpaired) electrons. The maximum absolute atomic E-state index is 14.5. The molecule has 0 N–H and O–H groups in total. The van der Waals surface area contributed by atoms with E-state index in [9.17, 15) is 14.0 Å². The number of alkyl halides is 1. The van der Waals surface area contributed by atoms with Crippen molar-refractivity contribution in [3.8, 4) is 0 Å². The number of ether oxygens (including phenoxy) is 3. The molecule has 2 heterocycles. The first-order valence-electron chi connectivity index (χ1n) is 9.94. The molecule has 1 aromatic carbocycles. The fraction of sp³-hybridized carbons (Fsp3) is 0.619. The Labute approximate surface area is 170 Å². The van der Waals surface area contributed by atoms with Crippen LogP contribution in [-0.2, 0) is 20.8 Å². The van der Waals surface area contributed by atoms with Gasteiger partial charge in [0.15, 0.2) is 0 Å². The van der Waals surface area contributed by atoms with Crippen molar-refractivity contribution in [3.63, 3.8) is 0 Å². The lowest BCUT2D eigenvalue weighted by atomic mass is 10.0. The van der Waals surface area contributed by atoms with E-state index in [-0.39, 0.29) is 19.3 Å². The Hall–Kier alpha value is -2.35. The van der Waals surface area contributed by atoms with E-state index >= 15 is 0 Å². The van der Waals surface area contributed by atoms with Crippen molar-refractivity contribution >= 4 is 12.2 Å². The Morgan fingerprint density at radius 3 is 2.38 bits per heavy atom. The summed E-state index contributed by atoms with van der Waals surface area (Å²) in [5.41, 5.74) is 0.312. The molecule has 2 saturated heterocycles. The maximum atomic E-state index is 14.5. The van der Waals surface area contributed by atoms with Gasteiger partial charge in [-0.25, -0.2) is 14.0 Å². The second-order valence-electron chi connectivity index (χ2n) is 8.47. The fourth-order valence-electron chi connectivity index (χ4n) is 3.26. The van der Waals surface area contributed by atoms with Crippen molar-refractivity contribution in [2.75, 3.05) is 26.2 Å². The molecule has 0 aromatic heterocycles. The second-order valence-corrected chi connectivity index (χ2v) is 8.47. The quantitative estimate of drug-likeness (QED) is 0.764. The van der Waals surface area contributed by atoms with Gasteiger partial charge in [-0.3, -0.25) is 0 Å². The standard InChI is InChI=1S/C21H29FN2O5/c1-21(2,3)29-20(26)23-10-9-18(17(22)13-23)28-16-11-24(12-16)19(25)27-14-15-7-5-4-6-8-15/h4-8,16-18H,9-14H2,1-3H3/t17-,18-/m0/s1. The Balaban J connectivity index is 1.36. The first kappa shape index (κ1) is 21.4. The van der Waals surface area contributed by atoms with E-state index in [2.05, 4.69) is 0 Å². The highest BCUT2D eigenvalue weighted by Gasteiger charge is 2.39. The molecule has 2 atom stereocenters. The summed E-state index contributed by atoms with van der Waals surface area (Å²) in [6.45, 7) is 6.66. The topological polar surface area (TPSA) is 68.3 Å². The molecule has 0 bridgehead atoms. The van der Waals surface area contributed by atoms with E-state index in [4.69, 9.17) is 14.2 Å². The Morgan fingerprint density at radius 2 is 1.76 bits per heavy atom. The third-order valence-electron chi connectivity index (χ3n) is 4.81. The van der Waals surface area contributed by atoms with Crippen molar-refractivity contribution in [1.29, 1.82) is 0 Å². The lowest BCUT2D eigenvalue weighted by Gasteiger charge is -2.42. The Bertz CT molecular complexity index is 703. The van der Waals surface area contributed by atoms with Crippen molar-refractivity contribution in [2.45, 2.75) is 57.8 Å². The predicted octanol–water partition coefficient (Wildman–Crippen LogP) is 3.37. The number of carbonyl (C=O) groups excluding carboxylic acids is 2. The van der Waals surface area contributed by atoms with E-state index in [1.807, 2.05) is 30.3 Å². The molecule has 3 rings (SSSR count). The summed E-state index contributed by atoms with van der Waals surface area (Å²) in [5.74, 6) is 0. The van der Waals surface area contributed by atoms with Crippen LogP contribution < -0.4 is 0 Å². The molecule has 0 aliphatic carbocycles. The predicted molar refractivity (Wildman–Crippen MR) is 104 cm³/mol. The number of piperidine rings is 1. The van der Waals surface area contributed by atoms with Gasteiger partial charge in [-0.05, 0) is 32.8 Å². The van der Waals surface area contributed by atoms with Crippen molar-refractivity contribution in [2.24, 2.45) is 0 Å². The number of halogens is 1. The van der Waals surface area contributed by atoms with Crippen LogP contribution in [0.15, 0.2) is 30.3 Å². The minimum absolute atomic E-state index is 0.0465. The summed E-state index contributed by atoms with van der Waals surface area (Å²) in [6.07, 6.45) is -2.58. The van der Waals surface area contributed by atoms with Gasteiger partial charge in [0.25, 0.3) is 0 Å². The number of amides is 2. The molecule has 7 nitrogen and oxygen atoms in total. The van der Waals surface area contributed by atoms with Gasteiger partial charge in [-0.2, -0.15) is 0 Å². The summed E-state index contributed by atoms with van der Waals surface area (Å²) in [7, 11) is 0. The minimum atomic E-state index is -1.28. The zero-order valence-corrected chi connectivity index (χ0v) is 17.2. The van der Waals surface area contributed by atoms with Gasteiger partial charge >= 0.3 is 12.2 Å². The van der Waals surface area contributed by atoms with Crippen LogP contribution in [0.4, 0.5) is 14.0 Å². The molecule has 0 spiro atoms. The fourth-order valence-corrected chi connectivity index (χ4v) is 3.26.